The minimum atomic E-state index is -3.78. The molecule has 2 bridgehead atoms. The molecule has 1 aliphatic heterocycles. The number of carboxylic acids is 1. The van der Waals surface area contributed by atoms with Crippen LogP contribution in [0.2, 0.25) is 0 Å². The maximum absolute atomic E-state index is 13.8. The van der Waals surface area contributed by atoms with Crippen LogP contribution in [0.5, 0.6) is 0 Å². The SMILES string of the molecule is C#Cc1ccc(NC(=O)CC[C@]23CN(S(=O)(=O)c4ccc(C(C)(C)C(=O)O)cc4)C[C@H]2C[C@H]2C[C@@H]3C2(C)C)cc1. The quantitative estimate of drug-likeness (QED) is 0.435. The van der Waals surface area contributed by atoms with Crippen LogP contribution >= 0.6 is 0 Å². The summed E-state index contributed by atoms with van der Waals surface area (Å²) in [6.07, 6.45) is 8.42. The van der Waals surface area contributed by atoms with E-state index in [4.69, 9.17) is 6.42 Å². The fraction of sp³-hybridized carbons (Fsp3) is 0.500. The minimum Gasteiger partial charge on any atom is -0.481 e. The smallest absolute Gasteiger partial charge is 0.313 e. The lowest BCUT2D eigenvalue weighted by atomic mass is 9.38. The van der Waals surface area contributed by atoms with Gasteiger partial charge in [0.2, 0.25) is 15.9 Å². The fourth-order valence-electron chi connectivity index (χ4n) is 7.56. The van der Waals surface area contributed by atoms with Gasteiger partial charge in [0.05, 0.1) is 10.3 Å². The summed E-state index contributed by atoms with van der Waals surface area (Å²) in [4.78, 5) is 24.8. The number of carbonyl (C=O) groups excluding carboxylic acids is 1. The second-order valence-corrected chi connectivity index (χ2v) is 14.9. The summed E-state index contributed by atoms with van der Waals surface area (Å²) in [5, 5.41) is 12.5. The van der Waals surface area contributed by atoms with Crippen LogP contribution in [-0.4, -0.2) is 42.8 Å². The summed E-state index contributed by atoms with van der Waals surface area (Å²) in [6, 6.07) is 13.4. The normalized spacial score (nSPS) is 27.2. The highest BCUT2D eigenvalue weighted by Crippen LogP contribution is 2.71. The van der Waals surface area contributed by atoms with E-state index in [9.17, 15) is 23.1 Å². The molecule has 1 heterocycles. The molecule has 0 unspecified atom stereocenters. The number of hydrogen-bond acceptors (Lipinski definition) is 4. The number of anilines is 1. The second-order valence-electron chi connectivity index (χ2n) is 13.0. The molecule has 4 atom stereocenters. The Hall–Kier alpha value is -3.15. The highest BCUT2D eigenvalue weighted by Gasteiger charge is 2.67. The van der Waals surface area contributed by atoms with Gasteiger partial charge in [0.15, 0.2) is 0 Å². The van der Waals surface area contributed by atoms with Crippen molar-refractivity contribution in [1.82, 2.24) is 4.31 Å². The van der Waals surface area contributed by atoms with Crippen LogP contribution in [-0.2, 0) is 25.0 Å². The van der Waals surface area contributed by atoms with Gasteiger partial charge in [-0.05, 0) is 104 Å². The van der Waals surface area contributed by atoms with E-state index in [1.807, 2.05) is 0 Å². The van der Waals surface area contributed by atoms with E-state index in [-0.39, 0.29) is 27.6 Å². The van der Waals surface area contributed by atoms with Crippen LogP contribution in [0, 0.1) is 40.9 Å². The molecular weight excluding hydrogens is 524 g/mol. The average molecular weight is 563 g/mol. The number of aliphatic carboxylic acids is 1. The van der Waals surface area contributed by atoms with E-state index < -0.39 is 21.4 Å². The van der Waals surface area contributed by atoms with E-state index in [0.717, 1.165) is 18.4 Å². The maximum atomic E-state index is 13.8. The van der Waals surface area contributed by atoms with Gasteiger partial charge in [-0.15, -0.1) is 6.42 Å². The lowest BCUT2D eigenvalue weighted by Crippen LogP contribution is -2.61. The summed E-state index contributed by atoms with van der Waals surface area (Å²) < 4.78 is 29.3. The van der Waals surface area contributed by atoms with Crippen LogP contribution in [0.15, 0.2) is 53.4 Å². The van der Waals surface area contributed by atoms with Crippen LogP contribution in [0.4, 0.5) is 5.69 Å². The first kappa shape index (κ1) is 28.4. The number of terminal acetylenes is 1. The molecule has 3 saturated carbocycles. The molecule has 4 fully saturated rings. The van der Waals surface area contributed by atoms with Crippen LogP contribution < -0.4 is 5.32 Å². The van der Waals surface area contributed by atoms with Crippen molar-refractivity contribution in [3.8, 4) is 12.3 Å². The third-order valence-electron chi connectivity index (χ3n) is 10.3. The van der Waals surface area contributed by atoms with Gasteiger partial charge >= 0.3 is 5.97 Å². The molecule has 0 radical (unpaired) electrons. The predicted octanol–water partition coefficient (Wildman–Crippen LogP) is 5.12. The molecule has 8 heteroatoms. The zero-order valence-corrected chi connectivity index (χ0v) is 24.4. The van der Waals surface area contributed by atoms with E-state index in [1.165, 1.54) is 12.1 Å². The molecule has 6 rings (SSSR count). The van der Waals surface area contributed by atoms with Gasteiger partial charge in [0, 0.05) is 30.8 Å². The Labute approximate surface area is 237 Å². The standard InChI is InChI=1S/C32H38N2O5S/c1-6-21-7-11-25(12-8-21)33-28(35)15-16-32-20-34(19-24(32)17-23-18-27(32)30(23,2)3)40(38,39)26-13-9-22(10-14-26)31(4,5)29(36)37/h1,7-14,23-24,27H,15-20H2,2-5H3,(H,33,35)(H,36,37)/t23-,24+,27+,32-/m0/s1. The van der Waals surface area contributed by atoms with Crippen molar-refractivity contribution >= 4 is 27.6 Å². The zero-order valence-electron chi connectivity index (χ0n) is 23.6. The molecule has 4 aliphatic rings. The summed E-state index contributed by atoms with van der Waals surface area (Å²) in [6.45, 7) is 8.62. The topological polar surface area (TPSA) is 104 Å². The number of sulfonamides is 1. The Balaban J connectivity index is 1.36. The Morgan fingerprint density at radius 2 is 1.73 bits per heavy atom. The van der Waals surface area contributed by atoms with Gasteiger partial charge in [-0.3, -0.25) is 9.59 Å². The van der Waals surface area contributed by atoms with E-state index in [1.54, 1.807) is 54.6 Å². The van der Waals surface area contributed by atoms with Crippen LogP contribution in [0.25, 0.3) is 0 Å². The van der Waals surface area contributed by atoms with Gasteiger partial charge in [-0.25, -0.2) is 8.42 Å². The van der Waals surface area contributed by atoms with E-state index in [2.05, 4.69) is 25.1 Å². The van der Waals surface area contributed by atoms with E-state index in [0.29, 0.717) is 49.0 Å². The third kappa shape index (κ3) is 4.53. The lowest BCUT2D eigenvalue weighted by Gasteiger charge is -2.66. The number of rotatable bonds is 8. The van der Waals surface area contributed by atoms with Gasteiger partial charge in [0.1, 0.15) is 0 Å². The molecule has 3 aliphatic carbocycles. The van der Waals surface area contributed by atoms with Crippen molar-refractivity contribution in [2.24, 2.45) is 28.6 Å². The van der Waals surface area contributed by atoms with Gasteiger partial charge < -0.3 is 10.4 Å². The predicted molar refractivity (Wildman–Crippen MR) is 154 cm³/mol. The average Bonchev–Trinajstić information content (AvgIpc) is 3.33. The van der Waals surface area contributed by atoms with Crippen LogP contribution in [0.3, 0.4) is 0 Å². The molecule has 2 N–H and O–H groups in total. The molecule has 7 nitrogen and oxygen atoms in total. The molecule has 212 valence electrons. The van der Waals surface area contributed by atoms with Crippen molar-refractivity contribution < 1.29 is 23.1 Å². The summed E-state index contributed by atoms with van der Waals surface area (Å²) >= 11 is 0. The summed E-state index contributed by atoms with van der Waals surface area (Å²) in [7, 11) is -3.78. The number of nitrogens with one attached hydrogen (secondary N) is 1. The fourth-order valence-corrected chi connectivity index (χ4v) is 9.13. The minimum absolute atomic E-state index is 0.0845. The van der Waals surface area contributed by atoms with Gasteiger partial charge in [0.25, 0.3) is 0 Å². The van der Waals surface area contributed by atoms with Crippen molar-refractivity contribution in [1.29, 1.82) is 0 Å². The molecule has 0 aromatic heterocycles. The molecule has 1 saturated heterocycles. The number of nitrogens with zero attached hydrogens (tertiary/aromatic N) is 1. The Morgan fingerprint density at radius 3 is 2.30 bits per heavy atom. The number of carbonyl (C=O) groups is 2. The monoisotopic (exact) mass is 562 g/mol. The Morgan fingerprint density at radius 1 is 1.07 bits per heavy atom. The first-order valence-electron chi connectivity index (χ1n) is 13.9. The first-order valence-corrected chi connectivity index (χ1v) is 15.4. The van der Waals surface area contributed by atoms with Gasteiger partial charge in [-0.2, -0.15) is 4.31 Å². The molecular formula is C32H38N2O5S. The zero-order chi connectivity index (χ0) is 29.1. The number of benzene rings is 2. The van der Waals surface area contributed by atoms with Crippen molar-refractivity contribution in [2.45, 2.75) is 63.7 Å². The Bertz CT molecular complexity index is 1470. The number of amides is 1. The Kier molecular flexibility index (Phi) is 6.91. The molecule has 0 spiro atoms. The highest BCUT2D eigenvalue weighted by molar-refractivity contribution is 7.89. The molecule has 40 heavy (non-hydrogen) atoms. The number of hydrogen-bond donors (Lipinski definition) is 2. The molecule has 1 amide bonds. The largest absolute Gasteiger partial charge is 0.481 e. The molecule has 2 aromatic rings. The number of carboxylic acid groups (broad SMARTS) is 1. The van der Waals surface area contributed by atoms with Gasteiger partial charge in [-0.1, -0.05) is 31.9 Å². The third-order valence-corrected chi connectivity index (χ3v) is 12.2. The van der Waals surface area contributed by atoms with Crippen LogP contribution in [0.1, 0.15) is 64.5 Å². The summed E-state index contributed by atoms with van der Waals surface area (Å²) in [5.74, 6) is 2.64. The maximum Gasteiger partial charge on any atom is 0.313 e. The van der Waals surface area contributed by atoms with Crippen molar-refractivity contribution in [3.63, 3.8) is 0 Å². The van der Waals surface area contributed by atoms with Crippen molar-refractivity contribution in [3.05, 3.63) is 59.7 Å². The molecule has 2 aromatic carbocycles. The van der Waals surface area contributed by atoms with Crippen molar-refractivity contribution in [2.75, 3.05) is 18.4 Å². The summed E-state index contributed by atoms with van der Waals surface area (Å²) in [5.41, 5.74) is 0.717. The first-order chi connectivity index (χ1) is 18.7. The second kappa shape index (κ2) is 9.74. The lowest BCUT2D eigenvalue weighted by molar-refractivity contribution is -0.176. The highest BCUT2D eigenvalue weighted by atomic mass is 32.2. The van der Waals surface area contributed by atoms with E-state index >= 15 is 0 Å².